The summed E-state index contributed by atoms with van der Waals surface area (Å²) in [4.78, 5) is 37.6. The van der Waals surface area contributed by atoms with Crippen molar-refractivity contribution in [2.75, 3.05) is 12.0 Å². The van der Waals surface area contributed by atoms with Gasteiger partial charge in [0.15, 0.2) is 0 Å². The molecule has 0 aliphatic heterocycles. The monoisotopic (exact) mass is 424 g/mol. The molecular formula is C22H28N6O3. The average Bonchev–Trinajstić information content (AvgIpc) is 3.65. The smallest absolute Gasteiger partial charge is 0.246 e. The van der Waals surface area contributed by atoms with Crippen LogP contribution in [0.2, 0.25) is 0 Å². The molecule has 2 heterocycles. The third-order valence-electron chi connectivity index (χ3n) is 6.26. The molecule has 2 aromatic heterocycles. The number of anilines is 1. The molecule has 0 atom stereocenters. The van der Waals surface area contributed by atoms with Gasteiger partial charge >= 0.3 is 0 Å². The molecular weight excluding hydrogens is 396 g/mol. The topological polar surface area (TPSA) is 120 Å². The Morgan fingerprint density at radius 1 is 1.23 bits per heavy atom. The van der Waals surface area contributed by atoms with Gasteiger partial charge < -0.3 is 0 Å². The highest BCUT2D eigenvalue weighted by molar-refractivity contribution is 5.84. The van der Waals surface area contributed by atoms with Gasteiger partial charge in [-0.1, -0.05) is 13.0 Å². The Labute approximate surface area is 181 Å². The van der Waals surface area contributed by atoms with E-state index in [0.717, 1.165) is 37.1 Å². The molecule has 0 unspecified atom stereocenters. The summed E-state index contributed by atoms with van der Waals surface area (Å²) < 4.78 is 0. The number of hydroxylamine groups is 2. The van der Waals surface area contributed by atoms with Crippen LogP contribution in [0.4, 0.5) is 5.95 Å². The standard InChI is InChI=1S/C22H28N6O3/c1-15-7-9-22(10-8-15,13-28(31)14-29)20(30)26-27-21-24-18(16-5-6-16)12-19(25-21)17-4-2-3-11-23-17/h2-4,11-12,14-16,31H,5-10,13H2,1H3,(H,26,30)(H,24,25,27)/t15-,22-. The van der Waals surface area contributed by atoms with Crippen molar-refractivity contribution in [1.29, 1.82) is 0 Å². The van der Waals surface area contributed by atoms with Crippen LogP contribution in [0, 0.1) is 11.3 Å². The van der Waals surface area contributed by atoms with Gasteiger partial charge in [0.25, 0.3) is 0 Å². The molecule has 2 aliphatic rings. The number of carbonyl (C=O) groups excluding carboxylic acids is 2. The summed E-state index contributed by atoms with van der Waals surface area (Å²) in [7, 11) is 0. The Balaban J connectivity index is 1.52. The zero-order chi connectivity index (χ0) is 21.8. The first-order valence-electron chi connectivity index (χ1n) is 10.8. The maximum atomic E-state index is 13.1. The van der Waals surface area contributed by atoms with E-state index in [2.05, 4.69) is 32.7 Å². The fourth-order valence-corrected chi connectivity index (χ4v) is 4.12. The molecule has 0 bridgehead atoms. The molecule has 164 valence electrons. The molecule has 31 heavy (non-hydrogen) atoms. The number of pyridine rings is 1. The summed E-state index contributed by atoms with van der Waals surface area (Å²) >= 11 is 0. The number of carbonyl (C=O) groups is 2. The van der Waals surface area contributed by atoms with Crippen LogP contribution in [0.5, 0.6) is 0 Å². The minimum absolute atomic E-state index is 0.0428. The summed E-state index contributed by atoms with van der Waals surface area (Å²) in [6.07, 6.45) is 7.12. The number of hydrazine groups is 1. The lowest BCUT2D eigenvalue weighted by molar-refractivity contribution is -0.163. The first-order valence-corrected chi connectivity index (χ1v) is 10.8. The van der Waals surface area contributed by atoms with Crippen molar-refractivity contribution >= 4 is 18.3 Å². The lowest BCUT2D eigenvalue weighted by atomic mass is 9.70. The van der Waals surface area contributed by atoms with Crippen molar-refractivity contribution in [2.45, 2.75) is 51.4 Å². The van der Waals surface area contributed by atoms with Crippen LogP contribution in [0.15, 0.2) is 30.5 Å². The van der Waals surface area contributed by atoms with Gasteiger partial charge in [-0.15, -0.1) is 0 Å². The summed E-state index contributed by atoms with van der Waals surface area (Å²) in [5, 5.41) is 10.3. The maximum absolute atomic E-state index is 13.1. The Bertz CT molecular complexity index is 926. The number of aromatic nitrogens is 3. The predicted molar refractivity (Wildman–Crippen MR) is 114 cm³/mol. The fraction of sp³-hybridized carbons (Fsp3) is 0.500. The zero-order valence-corrected chi connectivity index (χ0v) is 17.6. The molecule has 0 radical (unpaired) electrons. The molecule has 4 rings (SSSR count). The minimum atomic E-state index is -0.854. The van der Waals surface area contributed by atoms with E-state index < -0.39 is 5.41 Å². The average molecular weight is 425 g/mol. The SMILES string of the molecule is C[C@H]1CC[C@](CN(O)C=O)(C(=O)NNc2nc(-c3ccccn3)cc(C3CC3)n2)CC1. The van der Waals surface area contributed by atoms with Gasteiger partial charge in [-0.3, -0.25) is 30.6 Å². The highest BCUT2D eigenvalue weighted by atomic mass is 16.5. The van der Waals surface area contributed by atoms with E-state index in [-0.39, 0.29) is 12.5 Å². The Morgan fingerprint density at radius 3 is 2.65 bits per heavy atom. The molecule has 2 aliphatic carbocycles. The number of nitrogens with one attached hydrogen (secondary N) is 2. The van der Waals surface area contributed by atoms with Gasteiger partial charge in [-0.2, -0.15) is 0 Å². The van der Waals surface area contributed by atoms with Gasteiger partial charge in [0.1, 0.15) is 0 Å². The van der Waals surface area contributed by atoms with Crippen LogP contribution in [-0.4, -0.2) is 44.1 Å². The second-order valence-electron chi connectivity index (χ2n) is 8.74. The van der Waals surface area contributed by atoms with Crippen molar-refractivity contribution in [1.82, 2.24) is 25.4 Å². The molecule has 2 amide bonds. The molecule has 2 saturated carbocycles. The summed E-state index contributed by atoms with van der Waals surface area (Å²) in [5.74, 6) is 0.939. The van der Waals surface area contributed by atoms with Crippen molar-refractivity contribution < 1.29 is 14.8 Å². The van der Waals surface area contributed by atoms with E-state index in [4.69, 9.17) is 0 Å². The van der Waals surface area contributed by atoms with Crippen molar-refractivity contribution in [3.63, 3.8) is 0 Å². The van der Waals surface area contributed by atoms with Gasteiger partial charge in [0, 0.05) is 17.8 Å². The van der Waals surface area contributed by atoms with Crippen LogP contribution in [0.1, 0.15) is 57.1 Å². The van der Waals surface area contributed by atoms with Crippen LogP contribution in [-0.2, 0) is 9.59 Å². The number of nitrogens with zero attached hydrogens (tertiary/aromatic N) is 4. The molecule has 3 N–H and O–H groups in total. The quantitative estimate of drug-likeness (QED) is 0.338. The maximum Gasteiger partial charge on any atom is 0.246 e. The lowest BCUT2D eigenvalue weighted by Gasteiger charge is -2.38. The molecule has 2 fully saturated rings. The second kappa shape index (κ2) is 8.97. The van der Waals surface area contributed by atoms with E-state index in [9.17, 15) is 14.8 Å². The highest BCUT2D eigenvalue weighted by Crippen LogP contribution is 2.41. The molecule has 0 aromatic carbocycles. The second-order valence-corrected chi connectivity index (χ2v) is 8.74. The van der Waals surface area contributed by atoms with E-state index in [1.54, 1.807) is 6.20 Å². The number of amides is 2. The largest absolute Gasteiger partial charge is 0.286 e. The third-order valence-corrected chi connectivity index (χ3v) is 6.26. The first-order chi connectivity index (χ1) is 15.0. The Hall–Kier alpha value is -3.07. The van der Waals surface area contributed by atoms with Gasteiger partial charge in [-0.05, 0) is 62.6 Å². The molecule has 2 aromatic rings. The third kappa shape index (κ3) is 4.99. The molecule has 9 nitrogen and oxygen atoms in total. The van der Waals surface area contributed by atoms with Gasteiger partial charge in [0.2, 0.25) is 18.3 Å². The van der Waals surface area contributed by atoms with Gasteiger partial charge in [0.05, 0.1) is 23.3 Å². The Morgan fingerprint density at radius 2 is 2.00 bits per heavy atom. The summed E-state index contributed by atoms with van der Waals surface area (Å²) in [6.45, 7) is 2.10. The minimum Gasteiger partial charge on any atom is -0.286 e. The highest BCUT2D eigenvalue weighted by Gasteiger charge is 2.42. The van der Waals surface area contributed by atoms with Crippen LogP contribution in [0.25, 0.3) is 11.4 Å². The van der Waals surface area contributed by atoms with E-state index in [0.29, 0.717) is 47.8 Å². The zero-order valence-electron chi connectivity index (χ0n) is 17.6. The van der Waals surface area contributed by atoms with Gasteiger partial charge in [-0.25, -0.2) is 15.0 Å². The first kappa shape index (κ1) is 21.2. The molecule has 0 saturated heterocycles. The number of hydrogen-bond donors (Lipinski definition) is 3. The van der Waals surface area contributed by atoms with Crippen molar-refractivity contribution in [2.24, 2.45) is 11.3 Å². The molecule has 9 heteroatoms. The number of hydrogen-bond acceptors (Lipinski definition) is 7. The van der Waals surface area contributed by atoms with E-state index in [1.807, 2.05) is 24.3 Å². The summed E-state index contributed by atoms with van der Waals surface area (Å²) in [6, 6.07) is 7.58. The number of rotatable bonds is 8. The fourth-order valence-electron chi connectivity index (χ4n) is 4.12. The van der Waals surface area contributed by atoms with Crippen LogP contribution >= 0.6 is 0 Å². The molecule has 0 spiro atoms. The lowest BCUT2D eigenvalue weighted by Crippen LogP contribution is -2.51. The van der Waals surface area contributed by atoms with Crippen LogP contribution in [0.3, 0.4) is 0 Å². The summed E-state index contributed by atoms with van der Waals surface area (Å²) in [5.41, 5.74) is 7.10. The normalized spacial score (nSPS) is 23.1. The van der Waals surface area contributed by atoms with Crippen LogP contribution < -0.4 is 10.9 Å². The predicted octanol–water partition coefficient (Wildman–Crippen LogP) is 2.90. The van der Waals surface area contributed by atoms with Crippen molar-refractivity contribution in [3.05, 3.63) is 36.2 Å². The van der Waals surface area contributed by atoms with Crippen molar-refractivity contribution in [3.8, 4) is 11.4 Å². The van der Waals surface area contributed by atoms with E-state index in [1.165, 1.54) is 0 Å². The van der Waals surface area contributed by atoms with E-state index >= 15 is 0 Å². The Kier molecular flexibility index (Phi) is 6.13.